The number of unbranched alkanes of at least 4 members (excludes halogenated alkanes) is 6. The zero-order valence-corrected chi connectivity index (χ0v) is 21.0. The Labute approximate surface area is 194 Å². The smallest absolute Gasteiger partial charge is 0.412 e. The van der Waals surface area contributed by atoms with Crippen LogP contribution in [-0.4, -0.2) is 24.1 Å². The topological polar surface area (TPSA) is 79.5 Å². The molecular formula is C26H43N3O3. The van der Waals surface area contributed by atoms with Gasteiger partial charge in [0.2, 0.25) is 5.91 Å². The molecule has 2 amide bonds. The maximum absolute atomic E-state index is 13.0. The monoisotopic (exact) mass is 445 g/mol. The lowest BCUT2D eigenvalue weighted by Crippen LogP contribution is -2.31. The second kappa shape index (κ2) is 11.6. The third-order valence-corrected chi connectivity index (χ3v) is 5.83. The van der Waals surface area contributed by atoms with Crippen LogP contribution in [-0.2, 0) is 16.0 Å². The summed E-state index contributed by atoms with van der Waals surface area (Å²) >= 11 is 0. The first-order valence-electron chi connectivity index (χ1n) is 12.2. The number of carbonyl (C=O) groups excluding carboxylic acids is 2. The van der Waals surface area contributed by atoms with Gasteiger partial charge in [-0.05, 0) is 51.3 Å². The number of benzene rings is 1. The summed E-state index contributed by atoms with van der Waals surface area (Å²) in [5.74, 6) is 0.0117. The third-order valence-electron chi connectivity index (χ3n) is 5.83. The van der Waals surface area contributed by atoms with Gasteiger partial charge in [0, 0.05) is 17.6 Å². The minimum absolute atomic E-state index is 0.0117. The molecule has 0 aromatic heterocycles. The molecule has 1 heterocycles. The number of nitrogens with one attached hydrogen (secondary N) is 3. The molecule has 1 aromatic rings. The van der Waals surface area contributed by atoms with Crippen molar-refractivity contribution in [1.82, 2.24) is 0 Å². The van der Waals surface area contributed by atoms with Gasteiger partial charge in [0.05, 0.1) is 11.4 Å². The predicted octanol–water partition coefficient (Wildman–Crippen LogP) is 7.11. The number of amides is 2. The zero-order chi connectivity index (χ0) is 23.8. The van der Waals surface area contributed by atoms with Gasteiger partial charge in [0.15, 0.2) is 0 Å². The van der Waals surface area contributed by atoms with Crippen molar-refractivity contribution in [3.63, 3.8) is 0 Å². The summed E-state index contributed by atoms with van der Waals surface area (Å²) in [6.07, 6.45) is 9.87. The van der Waals surface area contributed by atoms with E-state index in [9.17, 15) is 9.59 Å². The molecule has 3 N–H and O–H groups in total. The van der Waals surface area contributed by atoms with E-state index in [0.717, 1.165) is 37.1 Å². The summed E-state index contributed by atoms with van der Waals surface area (Å²) < 4.78 is 5.40. The Hall–Kier alpha value is -2.24. The van der Waals surface area contributed by atoms with E-state index in [1.807, 2.05) is 46.8 Å². The molecule has 0 unspecified atom stereocenters. The Bertz CT molecular complexity index is 781. The number of rotatable bonds is 11. The number of fused-ring (bicyclic) bond motifs is 1. The Morgan fingerprint density at radius 3 is 2.28 bits per heavy atom. The first-order chi connectivity index (χ1) is 15.0. The number of hydrogen-bond acceptors (Lipinski definition) is 4. The Morgan fingerprint density at radius 2 is 1.62 bits per heavy atom. The van der Waals surface area contributed by atoms with Crippen LogP contribution in [0.5, 0.6) is 0 Å². The van der Waals surface area contributed by atoms with Crippen LogP contribution in [0.25, 0.3) is 0 Å². The van der Waals surface area contributed by atoms with Crippen molar-refractivity contribution in [1.29, 1.82) is 0 Å². The predicted molar refractivity (Wildman–Crippen MR) is 134 cm³/mol. The van der Waals surface area contributed by atoms with Gasteiger partial charge >= 0.3 is 6.09 Å². The highest BCUT2D eigenvalue weighted by Crippen LogP contribution is 2.35. The minimum Gasteiger partial charge on any atom is -0.444 e. The van der Waals surface area contributed by atoms with E-state index in [0.29, 0.717) is 11.4 Å². The van der Waals surface area contributed by atoms with Crippen LogP contribution in [0.1, 0.15) is 98.5 Å². The standard InChI is InChI=1S/C26H43N3O3/c1-7-8-9-10-11-12-13-15-26(5,6)23(30)28-20-17-19-14-16-27-22(19)21(18-20)29-24(31)32-25(2,3)4/h17-18,27H,7-16H2,1-6H3,(H,28,30)(H,29,31). The van der Waals surface area contributed by atoms with E-state index in [1.165, 1.54) is 38.5 Å². The van der Waals surface area contributed by atoms with Crippen LogP contribution in [0.3, 0.4) is 0 Å². The molecule has 1 aliphatic heterocycles. The van der Waals surface area contributed by atoms with Crippen LogP contribution in [0, 0.1) is 5.41 Å². The molecule has 0 aliphatic carbocycles. The summed E-state index contributed by atoms with van der Waals surface area (Å²) in [7, 11) is 0. The molecule has 0 saturated heterocycles. The van der Waals surface area contributed by atoms with Crippen molar-refractivity contribution in [2.45, 2.75) is 105 Å². The van der Waals surface area contributed by atoms with Crippen LogP contribution < -0.4 is 16.0 Å². The second-order valence-electron chi connectivity index (χ2n) is 10.6. The lowest BCUT2D eigenvalue weighted by molar-refractivity contribution is -0.124. The van der Waals surface area contributed by atoms with Crippen molar-refractivity contribution < 1.29 is 14.3 Å². The van der Waals surface area contributed by atoms with Gasteiger partial charge < -0.3 is 15.4 Å². The van der Waals surface area contributed by atoms with Crippen molar-refractivity contribution in [2.75, 3.05) is 22.5 Å². The van der Waals surface area contributed by atoms with Crippen molar-refractivity contribution in [3.05, 3.63) is 17.7 Å². The SMILES string of the molecule is CCCCCCCCCC(C)(C)C(=O)Nc1cc2c(c(NC(=O)OC(C)(C)C)c1)NCC2. The Morgan fingerprint density at radius 1 is 0.969 bits per heavy atom. The molecule has 6 heteroatoms. The Balaban J connectivity index is 1.97. The van der Waals surface area contributed by atoms with E-state index >= 15 is 0 Å². The number of anilines is 3. The van der Waals surface area contributed by atoms with Gasteiger partial charge in [-0.15, -0.1) is 0 Å². The second-order valence-corrected chi connectivity index (χ2v) is 10.6. The average Bonchev–Trinajstić information content (AvgIpc) is 3.14. The Kier molecular flexibility index (Phi) is 9.41. The van der Waals surface area contributed by atoms with Gasteiger partial charge in [-0.2, -0.15) is 0 Å². The molecule has 1 aromatic carbocycles. The van der Waals surface area contributed by atoms with Gasteiger partial charge in [-0.25, -0.2) is 4.79 Å². The summed E-state index contributed by atoms with van der Waals surface area (Å²) in [6.45, 7) is 12.6. The summed E-state index contributed by atoms with van der Waals surface area (Å²) in [5, 5.41) is 9.24. The fourth-order valence-corrected chi connectivity index (χ4v) is 3.95. The van der Waals surface area contributed by atoms with Crippen LogP contribution in [0.15, 0.2) is 12.1 Å². The summed E-state index contributed by atoms with van der Waals surface area (Å²) in [6, 6.07) is 3.81. The lowest BCUT2D eigenvalue weighted by Gasteiger charge is -2.24. The number of carbonyl (C=O) groups is 2. The average molecular weight is 446 g/mol. The molecule has 32 heavy (non-hydrogen) atoms. The number of ether oxygens (including phenoxy) is 1. The normalized spacial score (nSPS) is 13.3. The van der Waals surface area contributed by atoms with Gasteiger partial charge in [-0.1, -0.05) is 65.7 Å². The quantitative estimate of drug-likeness (QED) is 0.317. The molecule has 0 spiro atoms. The highest BCUT2D eigenvalue weighted by atomic mass is 16.6. The molecule has 0 atom stereocenters. The van der Waals surface area contributed by atoms with E-state index in [1.54, 1.807) is 0 Å². The van der Waals surface area contributed by atoms with Crippen LogP contribution >= 0.6 is 0 Å². The first kappa shape index (κ1) is 26.0. The highest BCUT2D eigenvalue weighted by molar-refractivity contribution is 5.98. The zero-order valence-electron chi connectivity index (χ0n) is 21.0. The lowest BCUT2D eigenvalue weighted by atomic mass is 9.85. The van der Waals surface area contributed by atoms with Gasteiger partial charge in [-0.3, -0.25) is 10.1 Å². The van der Waals surface area contributed by atoms with Crippen LogP contribution in [0.4, 0.5) is 21.9 Å². The van der Waals surface area contributed by atoms with E-state index in [-0.39, 0.29) is 5.91 Å². The van der Waals surface area contributed by atoms with E-state index in [4.69, 9.17) is 4.74 Å². The third kappa shape index (κ3) is 8.36. The fourth-order valence-electron chi connectivity index (χ4n) is 3.95. The molecule has 180 valence electrons. The van der Waals surface area contributed by atoms with Gasteiger partial charge in [0.1, 0.15) is 5.60 Å². The molecule has 6 nitrogen and oxygen atoms in total. The molecule has 2 rings (SSSR count). The molecule has 0 bridgehead atoms. The fraction of sp³-hybridized carbons (Fsp3) is 0.692. The highest BCUT2D eigenvalue weighted by Gasteiger charge is 2.28. The molecule has 1 aliphatic rings. The molecule has 0 saturated carbocycles. The first-order valence-corrected chi connectivity index (χ1v) is 12.2. The van der Waals surface area contributed by atoms with Crippen LogP contribution in [0.2, 0.25) is 0 Å². The maximum Gasteiger partial charge on any atom is 0.412 e. The van der Waals surface area contributed by atoms with E-state index in [2.05, 4.69) is 22.9 Å². The summed E-state index contributed by atoms with van der Waals surface area (Å²) in [4.78, 5) is 25.3. The minimum atomic E-state index is -0.577. The van der Waals surface area contributed by atoms with Crippen molar-refractivity contribution in [2.24, 2.45) is 5.41 Å². The molecule has 0 fully saturated rings. The largest absolute Gasteiger partial charge is 0.444 e. The number of hydrogen-bond donors (Lipinski definition) is 3. The summed E-state index contributed by atoms with van der Waals surface area (Å²) in [5.41, 5.74) is 2.30. The van der Waals surface area contributed by atoms with Crippen molar-refractivity contribution >= 4 is 29.1 Å². The maximum atomic E-state index is 13.0. The van der Waals surface area contributed by atoms with Gasteiger partial charge in [0.25, 0.3) is 0 Å². The van der Waals surface area contributed by atoms with E-state index < -0.39 is 17.1 Å². The molecular weight excluding hydrogens is 402 g/mol. The van der Waals surface area contributed by atoms with Crippen molar-refractivity contribution in [3.8, 4) is 0 Å². The molecule has 0 radical (unpaired) electrons.